The molecule has 0 bridgehead atoms. The van der Waals surface area contributed by atoms with Crippen molar-refractivity contribution in [2.75, 3.05) is 0 Å². The number of hydrogen-bond donors (Lipinski definition) is 0. The Morgan fingerprint density at radius 1 is 0.900 bits per heavy atom. The van der Waals surface area contributed by atoms with Gasteiger partial charge in [-0.3, -0.25) is 0 Å². The van der Waals surface area contributed by atoms with Crippen molar-refractivity contribution in [3.05, 3.63) is 0 Å². The van der Waals surface area contributed by atoms with Crippen molar-refractivity contribution in [3.63, 3.8) is 0 Å². The van der Waals surface area contributed by atoms with Gasteiger partial charge in [0.15, 0.2) is 0 Å². The second-order valence-corrected chi connectivity index (χ2v) is 2.55. The van der Waals surface area contributed by atoms with Crippen molar-refractivity contribution >= 4 is 29.9 Å². The third-order valence-corrected chi connectivity index (χ3v) is 0.632. The maximum absolute atomic E-state index is 3.95. The molecular weight excluding hydrogens is 231 g/mol. The molecule has 0 aromatic carbocycles. The molecule has 10 heavy (non-hydrogen) atoms. The third kappa shape index (κ3) is 11.0. The zero-order valence-electron chi connectivity index (χ0n) is 7.05. The van der Waals surface area contributed by atoms with Gasteiger partial charge in [0.05, 0.1) is 18.1 Å². The van der Waals surface area contributed by atoms with E-state index in [0.29, 0.717) is 12.1 Å². The monoisotopic (exact) mass is 246 g/mol. The van der Waals surface area contributed by atoms with Crippen LogP contribution in [0, 0.1) is 0 Å². The minimum absolute atomic E-state index is 0. The molecule has 0 aliphatic rings. The van der Waals surface area contributed by atoms with Crippen LogP contribution < -0.4 is 0 Å². The molecular formula is C7H14N2Sn. The molecule has 0 fully saturated rings. The molecule has 56 valence electrons. The van der Waals surface area contributed by atoms with Crippen molar-refractivity contribution in [1.82, 2.24) is 0 Å². The zero-order valence-corrected chi connectivity index (χ0v) is 9.90. The first-order chi connectivity index (χ1) is 4.13. The predicted octanol–water partition coefficient (Wildman–Crippen LogP) is 1.60. The summed E-state index contributed by atoms with van der Waals surface area (Å²) >= 11 is 0. The second-order valence-electron chi connectivity index (χ2n) is 2.55. The molecule has 2 nitrogen and oxygen atoms in total. The molecule has 3 heteroatoms. The Balaban J connectivity index is 0. The van der Waals surface area contributed by atoms with Crippen LogP contribution in [-0.2, 0) is 0 Å². The molecule has 0 saturated heterocycles. The van der Waals surface area contributed by atoms with E-state index in [4.69, 9.17) is 0 Å². The van der Waals surface area contributed by atoms with Gasteiger partial charge in [-0.1, -0.05) is 0 Å². The smallest absolute Gasteiger partial charge is 0.0897 e. The maximum Gasteiger partial charge on any atom is 0.0897 e. The Morgan fingerprint density at radius 2 is 1.20 bits per heavy atom. The van der Waals surface area contributed by atoms with E-state index in [-0.39, 0.29) is 23.9 Å². The van der Waals surface area contributed by atoms with Gasteiger partial charge in [-0.15, -0.1) is 0 Å². The van der Waals surface area contributed by atoms with Crippen molar-refractivity contribution < 1.29 is 0 Å². The second kappa shape index (κ2) is 7.29. The SMILES string of the molecule is CC(C)N=C=NC(C)C.[Sn]. The summed E-state index contributed by atoms with van der Waals surface area (Å²) in [7, 11) is 0. The number of rotatable bonds is 2. The molecule has 0 aliphatic carbocycles. The molecule has 0 rings (SSSR count). The fourth-order valence-corrected chi connectivity index (χ4v) is 0.264. The van der Waals surface area contributed by atoms with Gasteiger partial charge in [0, 0.05) is 23.9 Å². The molecule has 0 amide bonds. The summed E-state index contributed by atoms with van der Waals surface area (Å²) in [5, 5.41) is 0. The van der Waals surface area contributed by atoms with E-state index in [0.717, 1.165) is 0 Å². The summed E-state index contributed by atoms with van der Waals surface area (Å²) < 4.78 is 0. The van der Waals surface area contributed by atoms with E-state index in [1.54, 1.807) is 0 Å². The molecule has 0 N–H and O–H groups in total. The molecule has 0 atom stereocenters. The van der Waals surface area contributed by atoms with E-state index < -0.39 is 0 Å². The van der Waals surface area contributed by atoms with Crippen LogP contribution in [0.1, 0.15) is 27.7 Å². The summed E-state index contributed by atoms with van der Waals surface area (Å²) in [5.41, 5.74) is 0. The molecule has 0 aromatic heterocycles. The van der Waals surface area contributed by atoms with Crippen LogP contribution in [0.3, 0.4) is 0 Å². The molecule has 0 heterocycles. The van der Waals surface area contributed by atoms with E-state index in [2.05, 4.69) is 16.0 Å². The number of nitrogens with zero attached hydrogens (tertiary/aromatic N) is 2. The van der Waals surface area contributed by atoms with Gasteiger partial charge in [0.2, 0.25) is 0 Å². The third-order valence-electron chi connectivity index (χ3n) is 0.632. The summed E-state index contributed by atoms with van der Waals surface area (Å²) in [4.78, 5) is 7.90. The molecule has 0 unspecified atom stereocenters. The first kappa shape index (κ1) is 12.8. The minimum atomic E-state index is 0. The Morgan fingerprint density at radius 3 is 1.40 bits per heavy atom. The molecule has 0 spiro atoms. The number of hydrogen-bond acceptors (Lipinski definition) is 2. The van der Waals surface area contributed by atoms with Gasteiger partial charge in [-0.05, 0) is 27.7 Å². The standard InChI is InChI=1S/C7H14N2.Sn/c1-6(2)8-5-9-7(3)4;/h6-7H,1-4H3;. The Labute approximate surface area is 79.8 Å². The topological polar surface area (TPSA) is 24.7 Å². The van der Waals surface area contributed by atoms with Gasteiger partial charge < -0.3 is 0 Å². The zero-order chi connectivity index (χ0) is 7.28. The van der Waals surface area contributed by atoms with Crippen molar-refractivity contribution in [3.8, 4) is 0 Å². The van der Waals surface area contributed by atoms with E-state index in [1.807, 2.05) is 27.7 Å². The molecule has 0 aromatic rings. The van der Waals surface area contributed by atoms with E-state index in [9.17, 15) is 0 Å². The average Bonchev–Trinajstić information content (AvgIpc) is 1.63. The first-order valence-electron chi connectivity index (χ1n) is 3.27. The number of aliphatic imine (C=N–C) groups is 2. The molecule has 4 radical (unpaired) electrons. The van der Waals surface area contributed by atoms with Crippen molar-refractivity contribution in [2.24, 2.45) is 9.98 Å². The van der Waals surface area contributed by atoms with Crippen LogP contribution in [0.25, 0.3) is 0 Å². The molecule has 0 aliphatic heterocycles. The van der Waals surface area contributed by atoms with Crippen LogP contribution in [0.5, 0.6) is 0 Å². The summed E-state index contributed by atoms with van der Waals surface area (Å²) in [6.07, 6.45) is 0. The van der Waals surface area contributed by atoms with Gasteiger partial charge in [-0.2, -0.15) is 0 Å². The van der Waals surface area contributed by atoms with Gasteiger partial charge in [-0.25, -0.2) is 9.98 Å². The Kier molecular flexibility index (Phi) is 9.34. The Bertz CT molecular complexity index is 112. The first-order valence-corrected chi connectivity index (χ1v) is 3.27. The fourth-order valence-electron chi connectivity index (χ4n) is 0.264. The van der Waals surface area contributed by atoms with E-state index in [1.165, 1.54) is 0 Å². The average molecular weight is 245 g/mol. The quantitative estimate of drug-likeness (QED) is 0.521. The van der Waals surface area contributed by atoms with Gasteiger partial charge >= 0.3 is 0 Å². The van der Waals surface area contributed by atoms with E-state index >= 15 is 0 Å². The minimum Gasteiger partial charge on any atom is -0.223 e. The predicted molar refractivity (Wildman–Crippen MR) is 45.9 cm³/mol. The largest absolute Gasteiger partial charge is 0.223 e. The van der Waals surface area contributed by atoms with Gasteiger partial charge in [0.1, 0.15) is 0 Å². The maximum atomic E-state index is 3.95. The Hall–Kier alpha value is 0.179. The van der Waals surface area contributed by atoms with Gasteiger partial charge in [0.25, 0.3) is 0 Å². The summed E-state index contributed by atoms with van der Waals surface area (Å²) in [6.45, 7) is 8.01. The summed E-state index contributed by atoms with van der Waals surface area (Å²) in [5.74, 6) is 0. The summed E-state index contributed by atoms with van der Waals surface area (Å²) in [6, 6.07) is 3.26. The van der Waals surface area contributed by atoms with Crippen LogP contribution in [0.2, 0.25) is 0 Å². The van der Waals surface area contributed by atoms with Crippen LogP contribution in [0.15, 0.2) is 9.98 Å². The van der Waals surface area contributed by atoms with Crippen LogP contribution in [0.4, 0.5) is 0 Å². The van der Waals surface area contributed by atoms with Crippen LogP contribution in [-0.4, -0.2) is 42.0 Å². The van der Waals surface area contributed by atoms with Crippen molar-refractivity contribution in [1.29, 1.82) is 0 Å². The normalized spacial score (nSPS) is 8.60. The fraction of sp³-hybridized carbons (Fsp3) is 0.857. The van der Waals surface area contributed by atoms with Crippen molar-refractivity contribution in [2.45, 2.75) is 39.8 Å². The molecule has 0 saturated carbocycles. The van der Waals surface area contributed by atoms with Crippen LogP contribution >= 0.6 is 0 Å².